The van der Waals surface area contributed by atoms with E-state index in [-0.39, 0.29) is 6.61 Å². The molecule has 0 fully saturated rings. The predicted molar refractivity (Wildman–Crippen MR) is 72.7 cm³/mol. The summed E-state index contributed by atoms with van der Waals surface area (Å²) >= 11 is 12.4. The largest absolute Gasteiger partial charge is 0.396 e. The molecule has 0 spiro atoms. The number of benzene rings is 2. The van der Waals surface area contributed by atoms with Gasteiger partial charge < -0.3 is 5.11 Å². The molecule has 0 unspecified atom stereocenters. The molecule has 2 aromatic carbocycles. The van der Waals surface area contributed by atoms with Crippen molar-refractivity contribution in [1.29, 1.82) is 0 Å². The van der Waals surface area contributed by atoms with Crippen LogP contribution in [0.25, 0.3) is 11.1 Å². The van der Waals surface area contributed by atoms with Gasteiger partial charge in [-0.25, -0.2) is 0 Å². The summed E-state index contributed by atoms with van der Waals surface area (Å²) in [5, 5.41) is 9.99. The Kier molecular flexibility index (Phi) is 4.06. The molecule has 0 saturated carbocycles. The molecule has 0 heterocycles. The van der Waals surface area contributed by atoms with Crippen LogP contribution in [0.15, 0.2) is 42.5 Å². The summed E-state index contributed by atoms with van der Waals surface area (Å²) < 4.78 is 0. The third-order valence-corrected chi connectivity index (χ3v) is 3.55. The lowest BCUT2D eigenvalue weighted by molar-refractivity contribution is 0.299. The standard InChI is InChI=1S/C14H12Cl2O/c15-13-11(8-9-17)6-7-12(14(13)16)10-4-2-1-3-5-10/h1-7,17H,8-9H2. The SMILES string of the molecule is OCCc1ccc(-c2ccccc2)c(Cl)c1Cl. The van der Waals surface area contributed by atoms with E-state index in [4.69, 9.17) is 28.3 Å². The molecule has 0 atom stereocenters. The molecule has 2 rings (SSSR count). The zero-order valence-corrected chi connectivity index (χ0v) is 10.7. The first-order valence-electron chi connectivity index (χ1n) is 5.37. The summed E-state index contributed by atoms with van der Waals surface area (Å²) in [4.78, 5) is 0. The van der Waals surface area contributed by atoms with E-state index < -0.39 is 0 Å². The van der Waals surface area contributed by atoms with Crippen molar-refractivity contribution in [3.8, 4) is 11.1 Å². The van der Waals surface area contributed by atoms with Crippen LogP contribution in [0.4, 0.5) is 0 Å². The third-order valence-electron chi connectivity index (χ3n) is 2.63. The quantitative estimate of drug-likeness (QED) is 0.883. The normalized spacial score (nSPS) is 10.5. The molecule has 2 aromatic rings. The topological polar surface area (TPSA) is 20.2 Å². The van der Waals surface area contributed by atoms with Crippen molar-refractivity contribution in [3.63, 3.8) is 0 Å². The van der Waals surface area contributed by atoms with Crippen molar-refractivity contribution in [2.24, 2.45) is 0 Å². The van der Waals surface area contributed by atoms with Gasteiger partial charge in [0.25, 0.3) is 0 Å². The number of halogens is 2. The van der Waals surface area contributed by atoms with Crippen LogP contribution >= 0.6 is 23.2 Å². The average Bonchev–Trinajstić information content (AvgIpc) is 2.36. The van der Waals surface area contributed by atoms with Crippen LogP contribution < -0.4 is 0 Å². The van der Waals surface area contributed by atoms with E-state index in [9.17, 15) is 0 Å². The van der Waals surface area contributed by atoms with Gasteiger partial charge in [-0.15, -0.1) is 0 Å². The molecule has 88 valence electrons. The Labute approximate surface area is 111 Å². The van der Waals surface area contributed by atoms with Gasteiger partial charge >= 0.3 is 0 Å². The second kappa shape index (κ2) is 5.54. The molecule has 1 nitrogen and oxygen atoms in total. The predicted octanol–water partition coefficient (Wildman–Crippen LogP) is 4.20. The second-order valence-corrected chi connectivity index (χ2v) is 4.50. The minimum absolute atomic E-state index is 0.0702. The zero-order chi connectivity index (χ0) is 12.3. The number of aliphatic hydroxyl groups excluding tert-OH is 1. The molecule has 0 saturated heterocycles. The maximum absolute atomic E-state index is 8.92. The minimum Gasteiger partial charge on any atom is -0.396 e. The highest BCUT2D eigenvalue weighted by atomic mass is 35.5. The molecule has 3 heteroatoms. The smallest absolute Gasteiger partial charge is 0.0673 e. The van der Waals surface area contributed by atoms with Gasteiger partial charge in [-0.05, 0) is 17.5 Å². The van der Waals surface area contributed by atoms with Gasteiger partial charge in [0, 0.05) is 12.2 Å². The first kappa shape index (κ1) is 12.4. The van der Waals surface area contributed by atoms with Gasteiger partial charge in [0.1, 0.15) is 0 Å². The monoisotopic (exact) mass is 266 g/mol. The van der Waals surface area contributed by atoms with Gasteiger partial charge in [0.05, 0.1) is 10.0 Å². The van der Waals surface area contributed by atoms with Crippen molar-refractivity contribution >= 4 is 23.2 Å². The summed E-state index contributed by atoms with van der Waals surface area (Å²) in [5.41, 5.74) is 2.83. The molecule has 0 aliphatic carbocycles. The summed E-state index contributed by atoms with van der Waals surface area (Å²) in [6.45, 7) is 0.0702. The van der Waals surface area contributed by atoms with Crippen LogP contribution in [-0.4, -0.2) is 11.7 Å². The van der Waals surface area contributed by atoms with E-state index in [1.54, 1.807) is 0 Å². The molecular weight excluding hydrogens is 255 g/mol. The summed E-state index contributed by atoms with van der Waals surface area (Å²) in [6.07, 6.45) is 0.521. The fraction of sp³-hybridized carbons (Fsp3) is 0.143. The second-order valence-electron chi connectivity index (χ2n) is 3.74. The highest BCUT2D eigenvalue weighted by Crippen LogP contribution is 2.35. The molecule has 1 N–H and O–H groups in total. The molecule has 17 heavy (non-hydrogen) atoms. The lowest BCUT2D eigenvalue weighted by Crippen LogP contribution is -1.93. The highest BCUT2D eigenvalue weighted by Gasteiger charge is 2.10. The molecule has 0 bridgehead atoms. The average molecular weight is 267 g/mol. The maximum atomic E-state index is 8.92. The van der Waals surface area contributed by atoms with E-state index in [0.29, 0.717) is 16.5 Å². The van der Waals surface area contributed by atoms with E-state index in [1.807, 2.05) is 42.5 Å². The first-order valence-corrected chi connectivity index (χ1v) is 6.13. The Morgan fingerprint density at radius 1 is 0.882 bits per heavy atom. The molecule has 0 aliphatic rings. The van der Waals surface area contributed by atoms with E-state index in [1.165, 1.54) is 0 Å². The van der Waals surface area contributed by atoms with E-state index in [2.05, 4.69) is 0 Å². The number of rotatable bonds is 3. The van der Waals surface area contributed by atoms with Crippen molar-refractivity contribution < 1.29 is 5.11 Å². The molecular formula is C14H12Cl2O. The lowest BCUT2D eigenvalue weighted by atomic mass is 10.0. The Hall–Kier alpha value is -1.02. The Bertz CT molecular complexity index is 509. The molecule has 0 aliphatic heterocycles. The Morgan fingerprint density at radius 3 is 2.24 bits per heavy atom. The van der Waals surface area contributed by atoms with Gasteiger partial charge in [-0.1, -0.05) is 65.7 Å². The highest BCUT2D eigenvalue weighted by molar-refractivity contribution is 6.44. The van der Waals surface area contributed by atoms with Crippen LogP contribution in [0, 0.1) is 0 Å². The zero-order valence-electron chi connectivity index (χ0n) is 9.16. The van der Waals surface area contributed by atoms with Crippen molar-refractivity contribution in [1.82, 2.24) is 0 Å². The van der Waals surface area contributed by atoms with E-state index in [0.717, 1.165) is 16.7 Å². The van der Waals surface area contributed by atoms with Crippen LogP contribution in [-0.2, 0) is 6.42 Å². The Morgan fingerprint density at radius 2 is 1.59 bits per heavy atom. The fourth-order valence-electron chi connectivity index (χ4n) is 1.74. The van der Waals surface area contributed by atoms with Gasteiger partial charge in [0.2, 0.25) is 0 Å². The summed E-state index contributed by atoms with van der Waals surface area (Å²) in [6, 6.07) is 13.7. The summed E-state index contributed by atoms with van der Waals surface area (Å²) in [5.74, 6) is 0. The minimum atomic E-state index is 0.0702. The van der Waals surface area contributed by atoms with Crippen LogP contribution in [0.2, 0.25) is 10.0 Å². The van der Waals surface area contributed by atoms with E-state index >= 15 is 0 Å². The number of aliphatic hydroxyl groups is 1. The lowest BCUT2D eigenvalue weighted by Gasteiger charge is -2.10. The van der Waals surface area contributed by atoms with Gasteiger partial charge in [0.15, 0.2) is 0 Å². The van der Waals surface area contributed by atoms with Crippen molar-refractivity contribution in [3.05, 3.63) is 58.1 Å². The Balaban J connectivity index is 2.48. The maximum Gasteiger partial charge on any atom is 0.0673 e. The van der Waals surface area contributed by atoms with Crippen LogP contribution in [0.3, 0.4) is 0 Å². The van der Waals surface area contributed by atoms with Crippen molar-refractivity contribution in [2.45, 2.75) is 6.42 Å². The molecule has 0 amide bonds. The first-order chi connectivity index (χ1) is 8.24. The van der Waals surface area contributed by atoms with Crippen molar-refractivity contribution in [2.75, 3.05) is 6.61 Å². The molecule has 0 radical (unpaired) electrons. The van der Waals surface area contributed by atoms with Gasteiger partial charge in [-0.3, -0.25) is 0 Å². The summed E-state index contributed by atoms with van der Waals surface area (Å²) in [7, 11) is 0. The van der Waals surface area contributed by atoms with Crippen LogP contribution in [0.1, 0.15) is 5.56 Å². The molecule has 0 aromatic heterocycles. The number of hydrogen-bond acceptors (Lipinski definition) is 1. The third kappa shape index (κ3) is 2.63. The van der Waals surface area contributed by atoms with Crippen LogP contribution in [0.5, 0.6) is 0 Å². The van der Waals surface area contributed by atoms with Gasteiger partial charge in [-0.2, -0.15) is 0 Å². The number of hydrogen-bond donors (Lipinski definition) is 1. The fourth-order valence-corrected chi connectivity index (χ4v) is 2.30.